The van der Waals surface area contributed by atoms with Gasteiger partial charge in [0.25, 0.3) is 0 Å². The molecule has 1 N–H and O–H groups in total. The van der Waals surface area contributed by atoms with Crippen molar-refractivity contribution in [2.24, 2.45) is 11.8 Å². The van der Waals surface area contributed by atoms with Crippen LogP contribution in [0.5, 0.6) is 0 Å². The molecule has 0 spiro atoms. The predicted molar refractivity (Wildman–Crippen MR) is 94.6 cm³/mol. The molecule has 0 bridgehead atoms. The fourth-order valence-electron chi connectivity index (χ4n) is 4.12. The predicted octanol–water partition coefficient (Wildman–Crippen LogP) is 2.78. The number of urea groups is 1. The van der Waals surface area contributed by atoms with E-state index in [9.17, 15) is 9.59 Å². The maximum Gasteiger partial charge on any atom is 0.317 e. The van der Waals surface area contributed by atoms with E-state index >= 15 is 0 Å². The Morgan fingerprint density at radius 3 is 2.29 bits per heavy atom. The second kappa shape index (κ2) is 8.54. The molecule has 5 nitrogen and oxygen atoms in total. The third-order valence-electron chi connectivity index (χ3n) is 5.75. The lowest BCUT2D eigenvalue weighted by Gasteiger charge is -2.37. The molecular weight excluding hydrogens is 302 g/mol. The van der Waals surface area contributed by atoms with Gasteiger partial charge < -0.3 is 15.1 Å². The Morgan fingerprint density at radius 1 is 0.917 bits per heavy atom. The minimum Gasteiger partial charge on any atom is -0.339 e. The summed E-state index contributed by atoms with van der Waals surface area (Å²) < 4.78 is 0. The quantitative estimate of drug-likeness (QED) is 0.808. The molecule has 3 aliphatic rings. The van der Waals surface area contributed by atoms with Gasteiger partial charge in [-0.25, -0.2) is 4.79 Å². The number of allylic oxidation sites excluding steroid dienone is 2. The lowest BCUT2D eigenvalue weighted by Crippen LogP contribution is -2.54. The van der Waals surface area contributed by atoms with Gasteiger partial charge in [0, 0.05) is 38.6 Å². The van der Waals surface area contributed by atoms with Gasteiger partial charge in [-0.2, -0.15) is 0 Å². The molecule has 1 atom stereocenters. The van der Waals surface area contributed by atoms with Crippen molar-refractivity contribution >= 4 is 11.9 Å². The lowest BCUT2D eigenvalue weighted by molar-refractivity contribution is -0.138. The SMILES string of the molecule is O=C(NCC1CC=CCC1)N1CCN(C(=O)C2CCCCC2)CC1. The highest BCUT2D eigenvalue weighted by Crippen LogP contribution is 2.25. The van der Waals surface area contributed by atoms with Gasteiger partial charge in [-0.15, -0.1) is 0 Å². The Kier molecular flexibility index (Phi) is 6.16. The topological polar surface area (TPSA) is 52.7 Å². The zero-order valence-electron chi connectivity index (χ0n) is 14.7. The van der Waals surface area contributed by atoms with Crippen molar-refractivity contribution in [3.05, 3.63) is 12.2 Å². The largest absolute Gasteiger partial charge is 0.339 e. The summed E-state index contributed by atoms with van der Waals surface area (Å²) in [6, 6.07) is 0.0364. The first-order chi connectivity index (χ1) is 11.7. The highest BCUT2D eigenvalue weighted by atomic mass is 16.2. The molecule has 2 aliphatic carbocycles. The first kappa shape index (κ1) is 17.3. The van der Waals surface area contributed by atoms with Crippen molar-refractivity contribution in [1.82, 2.24) is 15.1 Å². The molecule has 3 amide bonds. The van der Waals surface area contributed by atoms with Gasteiger partial charge in [-0.1, -0.05) is 31.4 Å². The number of hydrogen-bond donors (Lipinski definition) is 1. The minimum absolute atomic E-state index is 0.0364. The molecule has 0 aromatic rings. The van der Waals surface area contributed by atoms with E-state index in [4.69, 9.17) is 0 Å². The van der Waals surface area contributed by atoms with Crippen LogP contribution in [-0.2, 0) is 4.79 Å². The van der Waals surface area contributed by atoms with E-state index in [0.29, 0.717) is 38.0 Å². The molecule has 0 aromatic carbocycles. The molecule has 24 heavy (non-hydrogen) atoms. The third-order valence-corrected chi connectivity index (χ3v) is 5.75. The Bertz CT molecular complexity index is 463. The van der Waals surface area contributed by atoms with Gasteiger partial charge in [-0.3, -0.25) is 4.79 Å². The molecule has 0 radical (unpaired) electrons. The van der Waals surface area contributed by atoms with Gasteiger partial charge >= 0.3 is 6.03 Å². The van der Waals surface area contributed by atoms with E-state index in [-0.39, 0.29) is 11.9 Å². The normalized spacial score (nSPS) is 25.6. The summed E-state index contributed by atoms with van der Waals surface area (Å²) in [5, 5.41) is 3.08. The number of carbonyl (C=O) groups excluding carboxylic acids is 2. The van der Waals surface area contributed by atoms with Gasteiger partial charge in [0.1, 0.15) is 0 Å². The van der Waals surface area contributed by atoms with E-state index in [0.717, 1.165) is 32.2 Å². The van der Waals surface area contributed by atoms with Gasteiger partial charge in [0.2, 0.25) is 5.91 Å². The van der Waals surface area contributed by atoms with Crippen LogP contribution in [0.25, 0.3) is 0 Å². The Morgan fingerprint density at radius 2 is 1.62 bits per heavy atom. The van der Waals surface area contributed by atoms with E-state index in [1.807, 2.05) is 9.80 Å². The number of nitrogens with zero attached hydrogens (tertiary/aromatic N) is 2. The van der Waals surface area contributed by atoms with Crippen LogP contribution < -0.4 is 5.32 Å². The van der Waals surface area contributed by atoms with E-state index in [1.165, 1.54) is 25.7 Å². The van der Waals surface area contributed by atoms with Crippen molar-refractivity contribution in [1.29, 1.82) is 0 Å². The first-order valence-electron chi connectivity index (χ1n) is 9.70. The summed E-state index contributed by atoms with van der Waals surface area (Å²) in [7, 11) is 0. The highest BCUT2D eigenvalue weighted by molar-refractivity contribution is 5.79. The van der Waals surface area contributed by atoms with Crippen molar-refractivity contribution in [3.63, 3.8) is 0 Å². The van der Waals surface area contributed by atoms with Crippen LogP contribution in [0.4, 0.5) is 4.79 Å². The Labute approximate surface area is 145 Å². The maximum atomic E-state index is 12.6. The number of rotatable bonds is 3. The number of hydrogen-bond acceptors (Lipinski definition) is 2. The van der Waals surface area contributed by atoms with E-state index < -0.39 is 0 Å². The van der Waals surface area contributed by atoms with E-state index in [2.05, 4.69) is 17.5 Å². The van der Waals surface area contributed by atoms with Crippen LogP contribution >= 0.6 is 0 Å². The number of amides is 3. The molecule has 1 saturated heterocycles. The second-order valence-corrected chi connectivity index (χ2v) is 7.48. The standard InChI is InChI=1S/C19H31N3O2/c23-18(17-9-5-2-6-10-17)21-11-13-22(14-12-21)19(24)20-15-16-7-3-1-4-8-16/h1,3,16-17H,2,4-15H2,(H,20,24). The molecule has 1 unspecified atom stereocenters. The summed E-state index contributed by atoms with van der Waals surface area (Å²) in [5.41, 5.74) is 0. The molecule has 1 aliphatic heterocycles. The molecule has 2 fully saturated rings. The van der Waals surface area contributed by atoms with Gasteiger partial charge in [0.05, 0.1) is 0 Å². The third kappa shape index (κ3) is 4.52. The van der Waals surface area contributed by atoms with Crippen LogP contribution in [0.15, 0.2) is 12.2 Å². The molecule has 1 heterocycles. The lowest BCUT2D eigenvalue weighted by atomic mass is 9.88. The molecular formula is C19H31N3O2. The summed E-state index contributed by atoms with van der Waals surface area (Å²) in [5.74, 6) is 1.13. The zero-order valence-corrected chi connectivity index (χ0v) is 14.7. The highest BCUT2D eigenvalue weighted by Gasteiger charge is 2.29. The average molecular weight is 333 g/mol. The number of nitrogens with one attached hydrogen (secondary N) is 1. The molecule has 3 rings (SSSR count). The number of carbonyl (C=O) groups is 2. The Hall–Kier alpha value is -1.52. The zero-order chi connectivity index (χ0) is 16.8. The van der Waals surface area contributed by atoms with E-state index in [1.54, 1.807) is 0 Å². The average Bonchev–Trinajstić information content (AvgIpc) is 2.67. The monoisotopic (exact) mass is 333 g/mol. The minimum atomic E-state index is 0.0364. The fourth-order valence-corrected chi connectivity index (χ4v) is 4.12. The Balaban J connectivity index is 1.38. The van der Waals surface area contributed by atoms with Gasteiger partial charge in [-0.05, 0) is 38.0 Å². The van der Waals surface area contributed by atoms with Crippen LogP contribution in [-0.4, -0.2) is 54.5 Å². The summed E-state index contributed by atoms with van der Waals surface area (Å²) >= 11 is 0. The van der Waals surface area contributed by atoms with Crippen molar-refractivity contribution < 1.29 is 9.59 Å². The first-order valence-corrected chi connectivity index (χ1v) is 9.70. The smallest absolute Gasteiger partial charge is 0.317 e. The second-order valence-electron chi connectivity index (χ2n) is 7.48. The molecule has 134 valence electrons. The summed E-state index contributed by atoms with van der Waals surface area (Å²) in [6.07, 6.45) is 13.6. The molecule has 5 heteroatoms. The van der Waals surface area contributed by atoms with Crippen LogP contribution in [0.1, 0.15) is 51.4 Å². The van der Waals surface area contributed by atoms with Crippen LogP contribution in [0.3, 0.4) is 0 Å². The van der Waals surface area contributed by atoms with Crippen molar-refractivity contribution in [2.75, 3.05) is 32.7 Å². The van der Waals surface area contributed by atoms with Crippen LogP contribution in [0.2, 0.25) is 0 Å². The van der Waals surface area contributed by atoms with Crippen LogP contribution in [0, 0.1) is 11.8 Å². The molecule has 1 saturated carbocycles. The summed E-state index contributed by atoms with van der Waals surface area (Å²) in [4.78, 5) is 28.7. The van der Waals surface area contributed by atoms with Crippen molar-refractivity contribution in [3.8, 4) is 0 Å². The maximum absolute atomic E-state index is 12.6. The summed E-state index contributed by atoms with van der Waals surface area (Å²) in [6.45, 7) is 3.47. The fraction of sp³-hybridized carbons (Fsp3) is 0.789. The van der Waals surface area contributed by atoms with Crippen molar-refractivity contribution in [2.45, 2.75) is 51.4 Å². The number of piperazine rings is 1. The molecule has 0 aromatic heterocycles. The van der Waals surface area contributed by atoms with Gasteiger partial charge in [0.15, 0.2) is 0 Å².